The summed E-state index contributed by atoms with van der Waals surface area (Å²) >= 11 is 0. The number of aromatic nitrogens is 3. The third-order valence-electron chi connectivity index (χ3n) is 5.78. The van der Waals surface area contributed by atoms with Crippen LogP contribution in [0.5, 0.6) is 0 Å². The lowest BCUT2D eigenvalue weighted by atomic mass is 9.91. The molecular formula is C19H20FN5O2. The molecule has 5 rings (SSSR count). The van der Waals surface area contributed by atoms with Crippen molar-refractivity contribution in [1.29, 1.82) is 0 Å². The van der Waals surface area contributed by atoms with Crippen molar-refractivity contribution in [1.82, 2.24) is 19.5 Å². The van der Waals surface area contributed by atoms with Gasteiger partial charge >= 0.3 is 0 Å². The monoisotopic (exact) mass is 369 g/mol. The number of nitrogens with zero attached hydrogens (tertiary/aromatic N) is 3. The number of aromatic amines is 1. The minimum absolute atomic E-state index is 0.107. The summed E-state index contributed by atoms with van der Waals surface area (Å²) in [5.41, 5.74) is 8.30. The van der Waals surface area contributed by atoms with Crippen molar-refractivity contribution in [3.8, 4) is 0 Å². The summed E-state index contributed by atoms with van der Waals surface area (Å²) in [6.45, 7) is 1.50. The molecule has 2 aromatic heterocycles. The first-order chi connectivity index (χ1) is 13.0. The Morgan fingerprint density at radius 3 is 2.59 bits per heavy atom. The van der Waals surface area contributed by atoms with Crippen LogP contribution in [0.25, 0.3) is 16.7 Å². The number of likely N-dealkylation sites (tertiary alicyclic amines) is 1. The van der Waals surface area contributed by atoms with Crippen LogP contribution in [0.4, 0.5) is 4.39 Å². The Kier molecular flexibility index (Phi) is 3.50. The average Bonchev–Trinajstić information content (AvgIpc) is 3.33. The van der Waals surface area contributed by atoms with Gasteiger partial charge in [0.1, 0.15) is 17.0 Å². The van der Waals surface area contributed by atoms with Crippen LogP contribution >= 0.6 is 0 Å². The maximum Gasteiger partial charge on any atom is 0.251 e. The molecule has 0 atom stereocenters. The van der Waals surface area contributed by atoms with E-state index in [-0.39, 0.29) is 17.4 Å². The van der Waals surface area contributed by atoms with Gasteiger partial charge in [0.2, 0.25) is 5.91 Å². The summed E-state index contributed by atoms with van der Waals surface area (Å²) in [6.07, 6.45) is 5.58. The lowest BCUT2D eigenvalue weighted by Crippen LogP contribution is -2.38. The largest absolute Gasteiger partial charge is 0.366 e. The second kappa shape index (κ2) is 5.80. The molecule has 3 N–H and O–H groups in total. The summed E-state index contributed by atoms with van der Waals surface area (Å²) in [7, 11) is 0. The summed E-state index contributed by atoms with van der Waals surface area (Å²) in [6, 6.07) is 2.48. The minimum Gasteiger partial charge on any atom is -0.366 e. The maximum absolute atomic E-state index is 13.8. The lowest BCUT2D eigenvalue weighted by Gasteiger charge is -2.31. The Morgan fingerprint density at radius 1 is 1.19 bits per heavy atom. The predicted molar refractivity (Wildman–Crippen MR) is 96.8 cm³/mol. The van der Waals surface area contributed by atoms with Crippen molar-refractivity contribution < 1.29 is 14.0 Å². The molecule has 0 unspecified atom stereocenters. The molecule has 0 radical (unpaired) electrons. The zero-order valence-electron chi connectivity index (χ0n) is 14.7. The number of benzene rings is 1. The Labute approximate surface area is 154 Å². The Morgan fingerprint density at radius 2 is 1.93 bits per heavy atom. The number of piperidine rings is 1. The van der Waals surface area contributed by atoms with Crippen molar-refractivity contribution in [2.45, 2.75) is 31.6 Å². The topological polar surface area (TPSA) is 96.5 Å². The number of primary amides is 1. The highest BCUT2D eigenvalue weighted by Crippen LogP contribution is 2.36. The maximum atomic E-state index is 13.8. The Hall–Kier alpha value is -2.90. The second-order valence-electron chi connectivity index (χ2n) is 7.57. The number of carbonyl (C=O) groups is 2. The zero-order chi connectivity index (χ0) is 18.7. The summed E-state index contributed by atoms with van der Waals surface area (Å²) < 4.78 is 15.5. The van der Waals surface area contributed by atoms with E-state index in [1.807, 2.05) is 4.90 Å². The number of rotatable bonds is 3. The SMILES string of the molecule is NC(=O)c1cc(F)cc2[nH]c3c(C4CCN(C(=O)C5CC5)CC4)cnn3c12. The first kappa shape index (κ1) is 16.3. The van der Waals surface area contributed by atoms with Gasteiger partial charge in [-0.05, 0) is 43.7 Å². The normalized spacial score (nSPS) is 18.5. The second-order valence-corrected chi connectivity index (χ2v) is 7.57. The number of imidazole rings is 1. The highest BCUT2D eigenvalue weighted by atomic mass is 19.1. The Balaban J connectivity index is 1.49. The van der Waals surface area contributed by atoms with E-state index in [0.717, 1.165) is 56.0 Å². The number of amides is 2. The number of halogens is 1. The van der Waals surface area contributed by atoms with Gasteiger partial charge < -0.3 is 15.6 Å². The minimum atomic E-state index is -0.690. The Bertz CT molecular complexity index is 1070. The van der Waals surface area contributed by atoms with Crippen LogP contribution < -0.4 is 5.73 Å². The van der Waals surface area contributed by atoms with Crippen LogP contribution in [0.1, 0.15) is 47.5 Å². The zero-order valence-corrected chi connectivity index (χ0v) is 14.7. The number of nitrogens with two attached hydrogens (primary N) is 1. The standard InChI is InChI=1S/C19H20FN5O2/c20-12-7-13(17(21)26)16-15(8-12)23-18-14(9-22-25(16)18)10-3-5-24(6-4-10)19(27)11-1-2-11/h7-11,23H,1-6H2,(H2,21,26). The third kappa shape index (κ3) is 2.58. The van der Waals surface area contributed by atoms with Gasteiger partial charge in [-0.3, -0.25) is 9.59 Å². The molecule has 2 amide bonds. The molecule has 1 saturated heterocycles. The van der Waals surface area contributed by atoms with Crippen LogP contribution in [-0.4, -0.2) is 44.4 Å². The van der Waals surface area contributed by atoms with Gasteiger partial charge in [0, 0.05) is 24.6 Å². The van der Waals surface area contributed by atoms with E-state index in [1.54, 1.807) is 10.7 Å². The number of H-pyrrole nitrogens is 1. The molecule has 7 nitrogen and oxygen atoms in total. The van der Waals surface area contributed by atoms with Crippen LogP contribution in [-0.2, 0) is 4.79 Å². The predicted octanol–water partition coefficient (Wildman–Crippen LogP) is 2.17. The van der Waals surface area contributed by atoms with Crippen LogP contribution in [0.2, 0.25) is 0 Å². The molecule has 3 aromatic rings. The molecule has 140 valence electrons. The smallest absolute Gasteiger partial charge is 0.251 e. The van der Waals surface area contributed by atoms with E-state index in [1.165, 1.54) is 6.07 Å². The number of carbonyl (C=O) groups excluding carboxylic acids is 2. The van der Waals surface area contributed by atoms with Gasteiger partial charge in [-0.2, -0.15) is 5.10 Å². The fraction of sp³-hybridized carbons (Fsp3) is 0.421. The fourth-order valence-electron chi connectivity index (χ4n) is 4.19. The third-order valence-corrected chi connectivity index (χ3v) is 5.78. The summed E-state index contributed by atoms with van der Waals surface area (Å²) in [5.74, 6) is -0.402. The number of hydrogen-bond donors (Lipinski definition) is 2. The molecule has 1 aliphatic heterocycles. The van der Waals surface area contributed by atoms with Crippen molar-refractivity contribution in [2.75, 3.05) is 13.1 Å². The quantitative estimate of drug-likeness (QED) is 0.740. The van der Waals surface area contributed by atoms with Gasteiger partial charge in [0.05, 0.1) is 17.3 Å². The highest BCUT2D eigenvalue weighted by molar-refractivity contribution is 6.05. The molecule has 2 aliphatic rings. The van der Waals surface area contributed by atoms with E-state index < -0.39 is 11.7 Å². The van der Waals surface area contributed by atoms with Gasteiger partial charge in [-0.1, -0.05) is 0 Å². The van der Waals surface area contributed by atoms with Gasteiger partial charge in [0.15, 0.2) is 0 Å². The van der Waals surface area contributed by atoms with Crippen LogP contribution in [0.3, 0.4) is 0 Å². The molecular weight excluding hydrogens is 349 g/mol. The number of nitrogens with one attached hydrogen (secondary N) is 1. The van der Waals surface area contributed by atoms with E-state index in [2.05, 4.69) is 10.1 Å². The highest BCUT2D eigenvalue weighted by Gasteiger charge is 2.35. The van der Waals surface area contributed by atoms with E-state index >= 15 is 0 Å². The fourth-order valence-corrected chi connectivity index (χ4v) is 4.19. The molecule has 0 spiro atoms. The van der Waals surface area contributed by atoms with Gasteiger partial charge in [-0.25, -0.2) is 8.91 Å². The van der Waals surface area contributed by atoms with Crippen molar-refractivity contribution >= 4 is 28.5 Å². The van der Waals surface area contributed by atoms with E-state index in [0.29, 0.717) is 16.9 Å². The number of fused-ring (bicyclic) bond motifs is 3. The molecule has 3 heterocycles. The van der Waals surface area contributed by atoms with Gasteiger partial charge in [0.25, 0.3) is 5.91 Å². The molecule has 1 aromatic carbocycles. The summed E-state index contributed by atoms with van der Waals surface area (Å²) in [4.78, 5) is 29.1. The summed E-state index contributed by atoms with van der Waals surface area (Å²) in [5, 5.41) is 4.42. The van der Waals surface area contributed by atoms with E-state index in [9.17, 15) is 14.0 Å². The van der Waals surface area contributed by atoms with Crippen LogP contribution in [0.15, 0.2) is 18.3 Å². The molecule has 27 heavy (non-hydrogen) atoms. The van der Waals surface area contributed by atoms with Crippen molar-refractivity contribution in [2.24, 2.45) is 11.7 Å². The molecule has 0 bridgehead atoms. The molecule has 2 fully saturated rings. The lowest BCUT2D eigenvalue weighted by molar-refractivity contribution is -0.133. The van der Waals surface area contributed by atoms with Crippen molar-refractivity contribution in [3.63, 3.8) is 0 Å². The first-order valence-electron chi connectivity index (χ1n) is 9.30. The van der Waals surface area contributed by atoms with Gasteiger partial charge in [-0.15, -0.1) is 0 Å². The first-order valence-corrected chi connectivity index (χ1v) is 9.30. The number of hydrogen-bond acceptors (Lipinski definition) is 3. The molecule has 1 saturated carbocycles. The van der Waals surface area contributed by atoms with E-state index in [4.69, 9.17) is 5.73 Å². The molecule has 1 aliphatic carbocycles. The van der Waals surface area contributed by atoms with Crippen LogP contribution in [0, 0.1) is 11.7 Å². The van der Waals surface area contributed by atoms with Crippen molar-refractivity contribution in [3.05, 3.63) is 35.3 Å². The average molecular weight is 369 g/mol. The molecule has 8 heteroatoms.